The second-order valence-electron chi connectivity index (χ2n) is 5.34. The summed E-state index contributed by atoms with van der Waals surface area (Å²) in [5.41, 5.74) is 3.19. The molecule has 0 aliphatic rings. The fraction of sp³-hybridized carbons (Fsp3) is 0.353. The Morgan fingerprint density at radius 2 is 1.85 bits per heavy atom. The van der Waals surface area contributed by atoms with Gasteiger partial charge in [-0.25, -0.2) is 4.39 Å². The highest BCUT2D eigenvalue weighted by molar-refractivity contribution is 5.27. The van der Waals surface area contributed by atoms with Crippen molar-refractivity contribution in [2.75, 3.05) is 7.05 Å². The molecule has 1 atom stereocenters. The van der Waals surface area contributed by atoms with Gasteiger partial charge in [-0.3, -0.25) is 4.98 Å². The summed E-state index contributed by atoms with van der Waals surface area (Å²) in [5.74, 6) is 0.271. The smallest absolute Gasteiger partial charge is 0.146 e. The maximum atomic E-state index is 13.8. The van der Waals surface area contributed by atoms with Gasteiger partial charge in [-0.2, -0.15) is 0 Å². The third kappa shape index (κ3) is 3.42. The third-order valence-electron chi connectivity index (χ3n) is 3.61. The van der Waals surface area contributed by atoms with Gasteiger partial charge < -0.3 is 5.32 Å². The molecular weight excluding hydrogens is 251 g/mol. The molecule has 0 saturated heterocycles. The zero-order chi connectivity index (χ0) is 14.5. The summed E-state index contributed by atoms with van der Waals surface area (Å²) in [5, 5.41) is 3.18. The average molecular weight is 272 g/mol. The quantitative estimate of drug-likeness (QED) is 0.894. The number of halogens is 1. The van der Waals surface area contributed by atoms with Crippen molar-refractivity contribution in [2.24, 2.45) is 0 Å². The minimum absolute atomic E-state index is 0.0390. The molecule has 1 aromatic carbocycles. The van der Waals surface area contributed by atoms with Crippen LogP contribution in [0.1, 0.15) is 42.5 Å². The Kier molecular flexibility index (Phi) is 4.85. The standard InChI is InChI=1S/C17H21FN2/c1-12(2)14-6-4-13(5-7-14)10-17(19-3)15-8-9-20-11-16(15)18/h4-9,11-12,17,19H,10H2,1-3H3. The Hall–Kier alpha value is -1.74. The zero-order valence-corrected chi connectivity index (χ0v) is 12.2. The van der Waals surface area contributed by atoms with E-state index in [9.17, 15) is 4.39 Å². The van der Waals surface area contributed by atoms with Crippen LogP contribution in [0.25, 0.3) is 0 Å². The fourth-order valence-electron chi connectivity index (χ4n) is 2.31. The molecule has 3 heteroatoms. The van der Waals surface area contributed by atoms with Gasteiger partial charge in [-0.15, -0.1) is 0 Å². The van der Waals surface area contributed by atoms with Crippen molar-refractivity contribution in [1.82, 2.24) is 10.3 Å². The van der Waals surface area contributed by atoms with Crippen LogP contribution < -0.4 is 5.32 Å². The molecule has 1 heterocycles. The minimum Gasteiger partial charge on any atom is -0.313 e. The number of nitrogens with zero attached hydrogens (tertiary/aromatic N) is 1. The number of aromatic nitrogens is 1. The molecule has 0 fully saturated rings. The van der Waals surface area contributed by atoms with Crippen LogP contribution in [-0.4, -0.2) is 12.0 Å². The van der Waals surface area contributed by atoms with Crippen molar-refractivity contribution in [3.05, 3.63) is 65.2 Å². The number of nitrogens with one attached hydrogen (secondary N) is 1. The molecule has 2 rings (SSSR count). The van der Waals surface area contributed by atoms with Crippen molar-refractivity contribution in [3.63, 3.8) is 0 Å². The summed E-state index contributed by atoms with van der Waals surface area (Å²) in [6, 6.07) is 10.2. The van der Waals surface area contributed by atoms with Crippen LogP contribution >= 0.6 is 0 Å². The Bertz CT molecular complexity index is 549. The van der Waals surface area contributed by atoms with Crippen molar-refractivity contribution < 1.29 is 4.39 Å². The molecule has 0 saturated carbocycles. The molecule has 20 heavy (non-hydrogen) atoms. The number of pyridine rings is 1. The van der Waals surface area contributed by atoms with Gasteiger partial charge in [0.2, 0.25) is 0 Å². The number of hydrogen-bond acceptors (Lipinski definition) is 2. The maximum absolute atomic E-state index is 13.8. The summed E-state index contributed by atoms with van der Waals surface area (Å²) >= 11 is 0. The molecule has 0 aliphatic heterocycles. The van der Waals surface area contributed by atoms with Crippen LogP contribution in [0.3, 0.4) is 0 Å². The normalized spacial score (nSPS) is 12.7. The van der Waals surface area contributed by atoms with Crippen LogP contribution in [0.4, 0.5) is 4.39 Å². The van der Waals surface area contributed by atoms with Gasteiger partial charge in [0.25, 0.3) is 0 Å². The first-order valence-corrected chi connectivity index (χ1v) is 6.97. The molecule has 0 amide bonds. The molecule has 2 nitrogen and oxygen atoms in total. The monoisotopic (exact) mass is 272 g/mol. The van der Waals surface area contributed by atoms with Gasteiger partial charge in [0, 0.05) is 17.8 Å². The lowest BCUT2D eigenvalue weighted by Crippen LogP contribution is -2.20. The van der Waals surface area contributed by atoms with Gasteiger partial charge in [-0.1, -0.05) is 38.1 Å². The molecular formula is C17H21FN2. The van der Waals surface area contributed by atoms with E-state index in [1.807, 2.05) is 7.05 Å². The summed E-state index contributed by atoms with van der Waals surface area (Å²) in [6.07, 6.45) is 3.65. The van der Waals surface area contributed by atoms with E-state index in [-0.39, 0.29) is 11.9 Å². The van der Waals surface area contributed by atoms with Crippen LogP contribution in [0.15, 0.2) is 42.7 Å². The summed E-state index contributed by atoms with van der Waals surface area (Å²) in [7, 11) is 1.85. The van der Waals surface area contributed by atoms with Crippen molar-refractivity contribution in [3.8, 4) is 0 Å². The molecule has 1 unspecified atom stereocenters. The number of likely N-dealkylation sites (N-methyl/N-ethyl adjacent to an activating group) is 1. The average Bonchev–Trinajstić information content (AvgIpc) is 2.46. The molecule has 0 radical (unpaired) electrons. The van der Waals surface area contributed by atoms with Crippen LogP contribution in [-0.2, 0) is 6.42 Å². The highest BCUT2D eigenvalue weighted by Crippen LogP contribution is 2.22. The topological polar surface area (TPSA) is 24.9 Å². The molecule has 0 bridgehead atoms. The SMILES string of the molecule is CNC(Cc1ccc(C(C)C)cc1)c1ccncc1F. The van der Waals surface area contributed by atoms with E-state index in [4.69, 9.17) is 0 Å². The van der Waals surface area contributed by atoms with Crippen molar-refractivity contribution in [2.45, 2.75) is 32.2 Å². The second kappa shape index (κ2) is 6.62. The zero-order valence-electron chi connectivity index (χ0n) is 12.2. The molecule has 106 valence electrons. The van der Waals surface area contributed by atoms with Gasteiger partial charge in [0.1, 0.15) is 5.82 Å². The van der Waals surface area contributed by atoms with E-state index < -0.39 is 0 Å². The van der Waals surface area contributed by atoms with E-state index in [0.717, 1.165) is 6.42 Å². The van der Waals surface area contributed by atoms with E-state index in [1.165, 1.54) is 17.3 Å². The maximum Gasteiger partial charge on any atom is 0.146 e. The first kappa shape index (κ1) is 14.7. The molecule has 2 aromatic rings. The Labute approximate surface area is 120 Å². The van der Waals surface area contributed by atoms with Crippen molar-refractivity contribution >= 4 is 0 Å². The van der Waals surface area contributed by atoms with Crippen molar-refractivity contribution in [1.29, 1.82) is 0 Å². The second-order valence-corrected chi connectivity index (χ2v) is 5.34. The first-order valence-electron chi connectivity index (χ1n) is 6.97. The molecule has 1 N–H and O–H groups in total. The van der Waals surface area contributed by atoms with Gasteiger partial charge in [-0.05, 0) is 36.6 Å². The Morgan fingerprint density at radius 3 is 2.40 bits per heavy atom. The minimum atomic E-state index is -0.259. The fourth-order valence-corrected chi connectivity index (χ4v) is 2.31. The lowest BCUT2D eigenvalue weighted by Gasteiger charge is -2.17. The van der Waals surface area contributed by atoms with Gasteiger partial charge in [0.05, 0.1) is 6.20 Å². The summed E-state index contributed by atoms with van der Waals surface area (Å²) < 4.78 is 13.8. The Balaban J connectivity index is 2.16. The lowest BCUT2D eigenvalue weighted by atomic mass is 9.96. The Morgan fingerprint density at radius 1 is 1.15 bits per heavy atom. The number of rotatable bonds is 5. The molecule has 0 aliphatic carbocycles. The summed E-state index contributed by atoms with van der Waals surface area (Å²) in [6.45, 7) is 4.36. The highest BCUT2D eigenvalue weighted by Gasteiger charge is 2.14. The van der Waals surface area contributed by atoms with E-state index in [0.29, 0.717) is 11.5 Å². The predicted molar refractivity (Wildman–Crippen MR) is 80.2 cm³/mol. The number of hydrogen-bond donors (Lipinski definition) is 1. The van der Waals surface area contributed by atoms with Crippen LogP contribution in [0, 0.1) is 5.82 Å². The number of benzene rings is 1. The molecule has 1 aromatic heterocycles. The first-order chi connectivity index (χ1) is 9.61. The van der Waals surface area contributed by atoms with Crippen LogP contribution in [0.5, 0.6) is 0 Å². The highest BCUT2D eigenvalue weighted by atomic mass is 19.1. The van der Waals surface area contributed by atoms with Gasteiger partial charge in [0.15, 0.2) is 0 Å². The largest absolute Gasteiger partial charge is 0.313 e. The van der Waals surface area contributed by atoms with E-state index >= 15 is 0 Å². The van der Waals surface area contributed by atoms with E-state index in [1.54, 1.807) is 12.3 Å². The molecule has 0 spiro atoms. The van der Waals surface area contributed by atoms with Crippen LogP contribution in [0.2, 0.25) is 0 Å². The predicted octanol–water partition coefficient (Wildman–Crippen LogP) is 3.85. The third-order valence-corrected chi connectivity index (χ3v) is 3.61. The summed E-state index contributed by atoms with van der Waals surface area (Å²) in [4.78, 5) is 3.80. The van der Waals surface area contributed by atoms with E-state index in [2.05, 4.69) is 48.4 Å². The lowest BCUT2D eigenvalue weighted by molar-refractivity contribution is 0.530. The van der Waals surface area contributed by atoms with Gasteiger partial charge >= 0.3 is 0 Å².